The highest BCUT2D eigenvalue weighted by molar-refractivity contribution is 4.93. The van der Waals surface area contributed by atoms with Crippen LogP contribution < -0.4 is 5.73 Å². The molecular weight excluding hydrogens is 194 g/mol. The first-order valence-electron chi connectivity index (χ1n) is 5.79. The van der Waals surface area contributed by atoms with E-state index in [1.54, 1.807) is 0 Å². The number of aliphatic hydroxyl groups excluding tert-OH is 1. The van der Waals surface area contributed by atoms with Gasteiger partial charge in [0.05, 0.1) is 25.9 Å². The van der Waals surface area contributed by atoms with Crippen LogP contribution in [0.4, 0.5) is 0 Å². The Kier molecular flexibility index (Phi) is 5.53. The van der Waals surface area contributed by atoms with Gasteiger partial charge < -0.3 is 20.3 Å². The van der Waals surface area contributed by atoms with Crippen molar-refractivity contribution in [3.8, 4) is 0 Å². The molecule has 3 N–H and O–H groups in total. The van der Waals surface area contributed by atoms with Crippen LogP contribution in [0.3, 0.4) is 0 Å². The maximum absolute atomic E-state index is 9.08. The quantitative estimate of drug-likeness (QED) is 0.615. The molecule has 2 atom stereocenters. The number of rotatable bonds is 7. The van der Waals surface area contributed by atoms with Crippen molar-refractivity contribution in [1.29, 1.82) is 0 Å². The zero-order valence-electron chi connectivity index (χ0n) is 9.58. The van der Waals surface area contributed by atoms with E-state index in [-0.39, 0.29) is 12.7 Å². The van der Waals surface area contributed by atoms with Gasteiger partial charge in [-0.3, -0.25) is 0 Å². The third-order valence-corrected chi connectivity index (χ3v) is 2.84. The summed E-state index contributed by atoms with van der Waals surface area (Å²) < 4.78 is 10.9. The molecule has 0 aliphatic heterocycles. The van der Waals surface area contributed by atoms with Gasteiger partial charge >= 0.3 is 0 Å². The van der Waals surface area contributed by atoms with Gasteiger partial charge in [0.15, 0.2) is 0 Å². The molecule has 15 heavy (non-hydrogen) atoms. The molecule has 0 aromatic heterocycles. The average molecular weight is 217 g/mol. The molecule has 0 heterocycles. The van der Waals surface area contributed by atoms with Crippen LogP contribution in [0.2, 0.25) is 0 Å². The van der Waals surface area contributed by atoms with Crippen molar-refractivity contribution in [3.63, 3.8) is 0 Å². The zero-order chi connectivity index (χ0) is 11.1. The molecule has 1 fully saturated rings. The topological polar surface area (TPSA) is 64.7 Å². The molecule has 4 heteroatoms. The van der Waals surface area contributed by atoms with E-state index in [0.29, 0.717) is 13.2 Å². The highest BCUT2D eigenvalue weighted by Crippen LogP contribution is 2.29. The van der Waals surface area contributed by atoms with Gasteiger partial charge in [0, 0.05) is 12.1 Å². The molecule has 0 bridgehead atoms. The summed E-state index contributed by atoms with van der Waals surface area (Å²) in [7, 11) is 0. The molecule has 0 aromatic rings. The van der Waals surface area contributed by atoms with Crippen molar-refractivity contribution in [2.45, 2.75) is 44.2 Å². The summed E-state index contributed by atoms with van der Waals surface area (Å²) in [6.45, 7) is 4.22. The van der Waals surface area contributed by atoms with Crippen LogP contribution in [0.5, 0.6) is 0 Å². The van der Waals surface area contributed by atoms with E-state index < -0.39 is 5.54 Å². The van der Waals surface area contributed by atoms with Crippen LogP contribution in [0, 0.1) is 0 Å². The first-order chi connectivity index (χ1) is 7.20. The molecule has 1 aliphatic rings. The van der Waals surface area contributed by atoms with E-state index >= 15 is 0 Å². The molecule has 4 nitrogen and oxygen atoms in total. The Balaban J connectivity index is 2.04. The van der Waals surface area contributed by atoms with E-state index in [2.05, 4.69) is 6.92 Å². The second-order valence-corrected chi connectivity index (χ2v) is 4.37. The van der Waals surface area contributed by atoms with Crippen molar-refractivity contribution >= 4 is 0 Å². The predicted octanol–water partition coefficient (Wildman–Crippen LogP) is 0.672. The molecule has 90 valence electrons. The number of nitrogens with two attached hydrogens (primary N) is 1. The van der Waals surface area contributed by atoms with Crippen LogP contribution >= 0.6 is 0 Å². The predicted molar refractivity (Wildman–Crippen MR) is 58.7 cm³/mol. The Morgan fingerprint density at radius 3 is 2.80 bits per heavy atom. The van der Waals surface area contributed by atoms with Crippen LogP contribution in [-0.2, 0) is 9.47 Å². The van der Waals surface area contributed by atoms with Gasteiger partial charge in [0.2, 0.25) is 0 Å². The van der Waals surface area contributed by atoms with Gasteiger partial charge in [-0.25, -0.2) is 0 Å². The Labute approximate surface area is 91.7 Å². The van der Waals surface area contributed by atoms with E-state index in [4.69, 9.17) is 20.3 Å². The molecule has 0 saturated heterocycles. The highest BCUT2D eigenvalue weighted by Gasteiger charge is 2.35. The summed E-state index contributed by atoms with van der Waals surface area (Å²) in [5.74, 6) is 0. The van der Waals surface area contributed by atoms with Gasteiger partial charge in [-0.1, -0.05) is 6.92 Å². The molecule has 0 radical (unpaired) electrons. The van der Waals surface area contributed by atoms with Gasteiger partial charge in [0.1, 0.15) is 0 Å². The third-order valence-electron chi connectivity index (χ3n) is 2.84. The Morgan fingerprint density at radius 1 is 1.40 bits per heavy atom. The van der Waals surface area contributed by atoms with Gasteiger partial charge in [-0.2, -0.15) is 0 Å². The molecule has 0 spiro atoms. The van der Waals surface area contributed by atoms with Crippen molar-refractivity contribution < 1.29 is 14.6 Å². The van der Waals surface area contributed by atoms with Crippen molar-refractivity contribution in [2.24, 2.45) is 5.73 Å². The number of ether oxygens (including phenoxy) is 2. The monoisotopic (exact) mass is 217 g/mol. The Bertz CT molecular complexity index is 177. The molecule has 0 aromatic carbocycles. The van der Waals surface area contributed by atoms with Crippen molar-refractivity contribution in [3.05, 3.63) is 0 Å². The molecule has 1 aliphatic carbocycles. The smallest absolute Gasteiger partial charge is 0.0704 e. The summed E-state index contributed by atoms with van der Waals surface area (Å²) in [4.78, 5) is 0. The molecule has 1 rings (SSSR count). The van der Waals surface area contributed by atoms with E-state index in [9.17, 15) is 0 Å². The van der Waals surface area contributed by atoms with Crippen molar-refractivity contribution in [2.75, 3.05) is 26.4 Å². The average Bonchev–Trinajstić information content (AvgIpc) is 2.61. The summed E-state index contributed by atoms with van der Waals surface area (Å²) in [5, 5.41) is 9.08. The largest absolute Gasteiger partial charge is 0.394 e. The number of hydrogen-bond acceptors (Lipinski definition) is 4. The molecular formula is C11H23NO3. The first-order valence-corrected chi connectivity index (χ1v) is 5.79. The fraction of sp³-hybridized carbons (Fsp3) is 1.00. The van der Waals surface area contributed by atoms with Crippen LogP contribution in [-0.4, -0.2) is 43.2 Å². The second kappa shape index (κ2) is 6.43. The number of hydrogen-bond donors (Lipinski definition) is 2. The summed E-state index contributed by atoms with van der Waals surface area (Å²) in [5.41, 5.74) is 5.53. The third kappa shape index (κ3) is 4.47. The lowest BCUT2D eigenvalue weighted by Gasteiger charge is -2.20. The number of aliphatic hydroxyl groups is 1. The first kappa shape index (κ1) is 12.9. The van der Waals surface area contributed by atoms with Crippen molar-refractivity contribution in [1.82, 2.24) is 0 Å². The molecule has 2 unspecified atom stereocenters. The van der Waals surface area contributed by atoms with Crippen LogP contribution in [0.15, 0.2) is 0 Å². The Morgan fingerprint density at radius 2 is 2.20 bits per heavy atom. The lowest BCUT2D eigenvalue weighted by molar-refractivity contribution is 0.00434. The minimum absolute atomic E-state index is 0.0548. The Hall–Kier alpha value is -0.160. The standard InChI is InChI=1S/C11H23NO3/c1-2-5-14-6-7-15-10-3-4-11(12,8-10)9-13/h10,13H,2-9,12H2,1H3. The lowest BCUT2D eigenvalue weighted by atomic mass is 10.0. The fourth-order valence-corrected chi connectivity index (χ4v) is 1.91. The minimum atomic E-state index is -0.408. The van der Waals surface area contributed by atoms with E-state index in [0.717, 1.165) is 32.3 Å². The minimum Gasteiger partial charge on any atom is -0.394 e. The zero-order valence-corrected chi connectivity index (χ0v) is 9.58. The molecule has 0 amide bonds. The van der Waals surface area contributed by atoms with Gasteiger partial charge in [-0.15, -0.1) is 0 Å². The van der Waals surface area contributed by atoms with E-state index in [1.807, 2.05) is 0 Å². The highest BCUT2D eigenvalue weighted by atomic mass is 16.5. The second-order valence-electron chi connectivity index (χ2n) is 4.37. The van der Waals surface area contributed by atoms with Crippen LogP contribution in [0.25, 0.3) is 0 Å². The molecule has 1 saturated carbocycles. The maximum atomic E-state index is 9.08. The summed E-state index contributed by atoms with van der Waals surface area (Å²) in [6, 6.07) is 0. The normalized spacial score (nSPS) is 31.0. The van der Waals surface area contributed by atoms with E-state index in [1.165, 1.54) is 0 Å². The fourth-order valence-electron chi connectivity index (χ4n) is 1.91. The van der Waals surface area contributed by atoms with Crippen LogP contribution in [0.1, 0.15) is 32.6 Å². The van der Waals surface area contributed by atoms with Gasteiger partial charge in [-0.05, 0) is 25.7 Å². The summed E-state index contributed by atoms with van der Waals surface area (Å²) >= 11 is 0. The lowest BCUT2D eigenvalue weighted by Crippen LogP contribution is -2.41. The SMILES string of the molecule is CCCOCCOC1CCC(N)(CO)C1. The summed E-state index contributed by atoms with van der Waals surface area (Å²) in [6.07, 6.45) is 3.80. The maximum Gasteiger partial charge on any atom is 0.0704 e. The van der Waals surface area contributed by atoms with Gasteiger partial charge in [0.25, 0.3) is 0 Å².